The van der Waals surface area contributed by atoms with Crippen molar-refractivity contribution in [3.05, 3.63) is 34.9 Å². The second kappa shape index (κ2) is 5.19. The largest absolute Gasteiger partial charge is 0.378 e. The van der Waals surface area contributed by atoms with Gasteiger partial charge in [0.2, 0.25) is 0 Å². The summed E-state index contributed by atoms with van der Waals surface area (Å²) in [5.41, 5.74) is 0.855. The topological polar surface area (TPSA) is 26.3 Å². The van der Waals surface area contributed by atoms with Crippen molar-refractivity contribution < 1.29 is 9.53 Å². The van der Waals surface area contributed by atoms with Crippen LogP contribution in [0.15, 0.2) is 24.3 Å². The van der Waals surface area contributed by atoms with Gasteiger partial charge in [0, 0.05) is 25.0 Å². The molecule has 1 aliphatic carbocycles. The summed E-state index contributed by atoms with van der Waals surface area (Å²) in [6.45, 7) is 0. The number of ether oxygens (including phenoxy) is 1. The van der Waals surface area contributed by atoms with Crippen LogP contribution in [-0.4, -0.2) is 18.5 Å². The van der Waals surface area contributed by atoms with Gasteiger partial charge >= 0.3 is 0 Å². The highest BCUT2D eigenvalue weighted by Crippen LogP contribution is 2.38. The molecule has 0 aliphatic heterocycles. The van der Waals surface area contributed by atoms with E-state index in [-0.39, 0.29) is 11.4 Å². The van der Waals surface area contributed by atoms with E-state index in [0.717, 1.165) is 18.4 Å². The van der Waals surface area contributed by atoms with Gasteiger partial charge in [-0.2, -0.15) is 0 Å². The molecule has 0 spiro atoms. The number of ketones is 1. The molecule has 1 aliphatic rings. The Kier molecular flexibility index (Phi) is 3.85. The number of halogens is 1. The zero-order valence-corrected chi connectivity index (χ0v) is 10.8. The quantitative estimate of drug-likeness (QED) is 0.803. The van der Waals surface area contributed by atoms with Gasteiger partial charge in [-0.3, -0.25) is 4.79 Å². The SMILES string of the molecule is COC1(CC(=O)Cc2ccc(Cl)cc2)CCC1. The lowest BCUT2D eigenvalue weighted by molar-refractivity contribution is -0.131. The minimum Gasteiger partial charge on any atom is -0.378 e. The minimum atomic E-state index is -0.163. The van der Waals surface area contributed by atoms with Crippen LogP contribution < -0.4 is 0 Å². The number of carbonyl (C=O) groups excluding carboxylic acids is 1. The maximum atomic E-state index is 12.0. The summed E-state index contributed by atoms with van der Waals surface area (Å²) >= 11 is 5.80. The Bertz CT molecular complexity index is 388. The molecule has 0 radical (unpaired) electrons. The van der Waals surface area contributed by atoms with Crippen molar-refractivity contribution in [3.8, 4) is 0 Å². The smallest absolute Gasteiger partial charge is 0.140 e. The van der Waals surface area contributed by atoms with Gasteiger partial charge in [0.05, 0.1) is 5.60 Å². The monoisotopic (exact) mass is 252 g/mol. The van der Waals surface area contributed by atoms with Crippen molar-refractivity contribution in [2.75, 3.05) is 7.11 Å². The fourth-order valence-electron chi connectivity index (χ4n) is 2.28. The molecule has 0 atom stereocenters. The predicted octanol–water partition coefficient (Wildman–Crippen LogP) is 3.41. The fraction of sp³-hybridized carbons (Fsp3) is 0.500. The highest BCUT2D eigenvalue weighted by atomic mass is 35.5. The second-order valence-corrected chi connectivity index (χ2v) is 5.20. The van der Waals surface area contributed by atoms with Gasteiger partial charge in [-0.05, 0) is 37.0 Å². The van der Waals surface area contributed by atoms with Gasteiger partial charge in [-0.1, -0.05) is 23.7 Å². The van der Waals surface area contributed by atoms with Crippen molar-refractivity contribution in [3.63, 3.8) is 0 Å². The molecule has 3 heteroatoms. The molecule has 0 N–H and O–H groups in total. The Balaban J connectivity index is 1.91. The van der Waals surface area contributed by atoms with Gasteiger partial charge in [-0.25, -0.2) is 0 Å². The van der Waals surface area contributed by atoms with E-state index in [1.807, 2.05) is 24.3 Å². The first kappa shape index (κ1) is 12.6. The third-order valence-corrected chi connectivity index (χ3v) is 3.78. The van der Waals surface area contributed by atoms with Crippen molar-refractivity contribution in [2.45, 2.75) is 37.7 Å². The Labute approximate surface area is 107 Å². The zero-order chi connectivity index (χ0) is 12.3. The summed E-state index contributed by atoms with van der Waals surface area (Å²) in [6.07, 6.45) is 4.20. The normalized spacial score (nSPS) is 17.5. The first-order valence-corrected chi connectivity index (χ1v) is 6.33. The van der Waals surface area contributed by atoms with Crippen LogP contribution in [0, 0.1) is 0 Å². The summed E-state index contributed by atoms with van der Waals surface area (Å²) in [6, 6.07) is 7.44. The van der Waals surface area contributed by atoms with E-state index in [4.69, 9.17) is 16.3 Å². The van der Waals surface area contributed by atoms with Crippen molar-refractivity contribution >= 4 is 17.4 Å². The van der Waals surface area contributed by atoms with Crippen LogP contribution >= 0.6 is 11.6 Å². The summed E-state index contributed by atoms with van der Waals surface area (Å²) < 4.78 is 5.46. The average molecular weight is 253 g/mol. The van der Waals surface area contributed by atoms with E-state index in [2.05, 4.69) is 0 Å². The van der Waals surface area contributed by atoms with Gasteiger partial charge < -0.3 is 4.74 Å². The molecule has 1 fully saturated rings. The molecule has 17 heavy (non-hydrogen) atoms. The fourth-order valence-corrected chi connectivity index (χ4v) is 2.40. The van der Waals surface area contributed by atoms with E-state index in [1.165, 1.54) is 6.42 Å². The lowest BCUT2D eigenvalue weighted by Crippen LogP contribution is -2.41. The number of rotatable bonds is 5. The molecule has 92 valence electrons. The third kappa shape index (κ3) is 3.08. The Morgan fingerprint density at radius 3 is 2.47 bits per heavy atom. The van der Waals surface area contributed by atoms with E-state index in [0.29, 0.717) is 17.9 Å². The third-order valence-electron chi connectivity index (χ3n) is 3.53. The molecule has 1 aromatic rings. The summed E-state index contributed by atoms with van der Waals surface area (Å²) in [5, 5.41) is 0.702. The molecule has 2 nitrogen and oxygen atoms in total. The van der Waals surface area contributed by atoms with Crippen LogP contribution in [0.25, 0.3) is 0 Å². The van der Waals surface area contributed by atoms with Gasteiger partial charge in [0.1, 0.15) is 5.78 Å². The van der Waals surface area contributed by atoms with E-state index in [9.17, 15) is 4.79 Å². The number of Topliss-reactive ketones (excluding diaryl/α,β-unsaturated/α-hetero) is 1. The molecule has 2 rings (SSSR count). The maximum absolute atomic E-state index is 12.0. The number of methoxy groups -OCH3 is 1. The number of benzene rings is 1. The van der Waals surface area contributed by atoms with Gasteiger partial charge in [0.15, 0.2) is 0 Å². The molecule has 1 saturated carbocycles. The standard InChI is InChI=1S/C14H17ClO2/c1-17-14(7-2-8-14)10-13(16)9-11-3-5-12(15)6-4-11/h3-6H,2,7-10H2,1H3. The molecule has 0 saturated heterocycles. The number of hydrogen-bond acceptors (Lipinski definition) is 2. The molecule has 1 aromatic carbocycles. The maximum Gasteiger partial charge on any atom is 0.140 e. The lowest BCUT2D eigenvalue weighted by atomic mass is 9.76. The highest BCUT2D eigenvalue weighted by Gasteiger charge is 2.38. The predicted molar refractivity (Wildman–Crippen MR) is 68.4 cm³/mol. The van der Waals surface area contributed by atoms with Crippen molar-refractivity contribution in [1.29, 1.82) is 0 Å². The second-order valence-electron chi connectivity index (χ2n) is 4.76. The van der Waals surface area contributed by atoms with Crippen LogP contribution in [0.1, 0.15) is 31.2 Å². The van der Waals surface area contributed by atoms with Crippen molar-refractivity contribution in [2.24, 2.45) is 0 Å². The Hall–Kier alpha value is -0.860. The van der Waals surface area contributed by atoms with Crippen LogP contribution in [-0.2, 0) is 16.0 Å². The summed E-state index contributed by atoms with van der Waals surface area (Å²) in [4.78, 5) is 12.0. The molecular weight excluding hydrogens is 236 g/mol. The highest BCUT2D eigenvalue weighted by molar-refractivity contribution is 6.30. The summed E-state index contributed by atoms with van der Waals surface area (Å²) in [5.74, 6) is 0.244. The number of hydrogen-bond donors (Lipinski definition) is 0. The van der Waals surface area contributed by atoms with E-state index < -0.39 is 0 Å². The molecular formula is C14H17ClO2. The minimum absolute atomic E-state index is 0.163. The van der Waals surface area contributed by atoms with Gasteiger partial charge in [0.25, 0.3) is 0 Å². The number of carbonyl (C=O) groups is 1. The molecule has 0 amide bonds. The molecule has 0 unspecified atom stereocenters. The zero-order valence-electron chi connectivity index (χ0n) is 10.0. The lowest BCUT2D eigenvalue weighted by Gasteiger charge is -2.40. The van der Waals surface area contributed by atoms with E-state index >= 15 is 0 Å². The van der Waals surface area contributed by atoms with Gasteiger partial charge in [-0.15, -0.1) is 0 Å². The van der Waals surface area contributed by atoms with Crippen LogP contribution in [0.5, 0.6) is 0 Å². The first-order chi connectivity index (χ1) is 8.13. The Morgan fingerprint density at radius 1 is 1.35 bits per heavy atom. The molecule has 0 heterocycles. The summed E-state index contributed by atoms with van der Waals surface area (Å²) in [7, 11) is 1.70. The Morgan fingerprint density at radius 2 is 2.00 bits per heavy atom. The van der Waals surface area contributed by atoms with Crippen molar-refractivity contribution in [1.82, 2.24) is 0 Å². The van der Waals surface area contributed by atoms with Crippen LogP contribution in [0.3, 0.4) is 0 Å². The molecule has 0 aromatic heterocycles. The van der Waals surface area contributed by atoms with E-state index in [1.54, 1.807) is 7.11 Å². The first-order valence-electron chi connectivity index (χ1n) is 5.95. The average Bonchev–Trinajstić information content (AvgIpc) is 2.27. The van der Waals surface area contributed by atoms with Crippen LogP contribution in [0.4, 0.5) is 0 Å². The van der Waals surface area contributed by atoms with Crippen LogP contribution in [0.2, 0.25) is 5.02 Å². The molecule has 0 bridgehead atoms.